The molecule has 0 aliphatic rings. The lowest BCUT2D eigenvalue weighted by atomic mass is 9.96. The van der Waals surface area contributed by atoms with Gasteiger partial charge < -0.3 is 5.32 Å². The van der Waals surface area contributed by atoms with Gasteiger partial charge in [0, 0.05) is 23.4 Å². The molecular weight excluding hydrogens is 340 g/mol. The third-order valence-electron chi connectivity index (χ3n) is 4.63. The van der Waals surface area contributed by atoms with Gasteiger partial charge in [0.15, 0.2) is 0 Å². The maximum absolute atomic E-state index is 12.5. The van der Waals surface area contributed by atoms with E-state index >= 15 is 0 Å². The number of hydrogen-bond donors (Lipinski definition) is 2. The number of aromatic amines is 1. The maximum atomic E-state index is 12.5. The first-order valence-corrected chi connectivity index (χ1v) is 8.79. The third-order valence-corrected chi connectivity index (χ3v) is 4.63. The van der Waals surface area contributed by atoms with Crippen LogP contribution in [0.3, 0.4) is 0 Å². The Morgan fingerprint density at radius 2 is 2.11 bits per heavy atom. The van der Waals surface area contributed by atoms with Crippen LogP contribution in [-0.4, -0.2) is 37.4 Å². The standard InChI is InChI=1S/C20H20N6O/c1-13-19(14(2)25-24-13)18-5-3-4-15-10-16(6-7-17(15)18)20(27)22-8-9-26-12-21-11-23-26/h3-7,10-12H,8-9H2,1-2H3,(H,22,27)(H,24,25). The summed E-state index contributed by atoms with van der Waals surface area (Å²) >= 11 is 0. The van der Waals surface area contributed by atoms with Gasteiger partial charge in [-0.15, -0.1) is 0 Å². The van der Waals surface area contributed by atoms with E-state index in [0.717, 1.165) is 33.3 Å². The van der Waals surface area contributed by atoms with Crippen molar-refractivity contribution < 1.29 is 4.79 Å². The van der Waals surface area contributed by atoms with Crippen molar-refractivity contribution in [1.29, 1.82) is 0 Å². The molecule has 0 spiro atoms. The Balaban J connectivity index is 1.58. The average Bonchev–Trinajstić information content (AvgIpc) is 3.30. The number of aryl methyl sites for hydroxylation is 2. The van der Waals surface area contributed by atoms with Crippen LogP contribution >= 0.6 is 0 Å². The van der Waals surface area contributed by atoms with Gasteiger partial charge >= 0.3 is 0 Å². The second-order valence-electron chi connectivity index (χ2n) is 6.46. The molecule has 0 atom stereocenters. The molecule has 0 fully saturated rings. The zero-order chi connectivity index (χ0) is 18.8. The summed E-state index contributed by atoms with van der Waals surface area (Å²) in [5.74, 6) is -0.0990. The van der Waals surface area contributed by atoms with Crippen molar-refractivity contribution in [3.05, 3.63) is 66.0 Å². The van der Waals surface area contributed by atoms with Crippen LogP contribution in [0.1, 0.15) is 21.7 Å². The van der Waals surface area contributed by atoms with E-state index in [2.05, 4.69) is 31.7 Å². The summed E-state index contributed by atoms with van der Waals surface area (Å²) in [5, 5.41) is 16.4. The van der Waals surface area contributed by atoms with Gasteiger partial charge in [0.25, 0.3) is 5.91 Å². The summed E-state index contributed by atoms with van der Waals surface area (Å²) < 4.78 is 1.68. The summed E-state index contributed by atoms with van der Waals surface area (Å²) in [5.41, 5.74) is 4.88. The minimum absolute atomic E-state index is 0.0990. The van der Waals surface area contributed by atoms with Gasteiger partial charge in [0.05, 0.1) is 12.2 Å². The van der Waals surface area contributed by atoms with Crippen molar-refractivity contribution in [1.82, 2.24) is 30.3 Å². The van der Waals surface area contributed by atoms with Crippen molar-refractivity contribution in [2.75, 3.05) is 6.54 Å². The predicted molar refractivity (Wildman–Crippen MR) is 103 cm³/mol. The molecule has 0 unspecified atom stereocenters. The largest absolute Gasteiger partial charge is 0.350 e. The first-order chi connectivity index (χ1) is 13.1. The Morgan fingerprint density at radius 1 is 1.22 bits per heavy atom. The SMILES string of the molecule is Cc1n[nH]c(C)c1-c1cccc2cc(C(=O)NCCn3cncn3)ccc12. The molecule has 4 aromatic rings. The molecule has 2 heterocycles. The Bertz CT molecular complexity index is 1080. The van der Waals surface area contributed by atoms with E-state index in [1.165, 1.54) is 6.33 Å². The average molecular weight is 360 g/mol. The van der Waals surface area contributed by atoms with Crippen molar-refractivity contribution in [3.63, 3.8) is 0 Å². The molecule has 27 heavy (non-hydrogen) atoms. The predicted octanol–water partition coefficient (Wildman–Crippen LogP) is 2.87. The van der Waals surface area contributed by atoms with Crippen molar-refractivity contribution >= 4 is 16.7 Å². The van der Waals surface area contributed by atoms with E-state index in [0.29, 0.717) is 18.7 Å². The normalized spacial score (nSPS) is 11.0. The fourth-order valence-corrected chi connectivity index (χ4v) is 3.32. The highest BCUT2D eigenvalue weighted by molar-refractivity contribution is 6.03. The van der Waals surface area contributed by atoms with Gasteiger partial charge in [-0.05, 0) is 42.3 Å². The summed E-state index contributed by atoms with van der Waals surface area (Å²) in [6.07, 6.45) is 3.11. The van der Waals surface area contributed by atoms with Gasteiger partial charge in [0.1, 0.15) is 12.7 Å². The number of aromatic nitrogens is 5. The fraction of sp³-hybridized carbons (Fsp3) is 0.200. The number of hydrogen-bond acceptors (Lipinski definition) is 4. The molecule has 1 amide bonds. The number of carbonyl (C=O) groups is 1. The number of H-pyrrole nitrogens is 1. The lowest BCUT2D eigenvalue weighted by Gasteiger charge is -2.10. The van der Waals surface area contributed by atoms with Crippen LogP contribution in [0.4, 0.5) is 0 Å². The second kappa shape index (κ2) is 7.03. The van der Waals surface area contributed by atoms with Gasteiger partial charge in [-0.1, -0.05) is 24.3 Å². The molecule has 0 radical (unpaired) electrons. The lowest BCUT2D eigenvalue weighted by molar-refractivity contribution is 0.0952. The molecule has 7 nitrogen and oxygen atoms in total. The van der Waals surface area contributed by atoms with Crippen LogP contribution in [0.5, 0.6) is 0 Å². The fourth-order valence-electron chi connectivity index (χ4n) is 3.32. The van der Waals surface area contributed by atoms with Crippen LogP contribution < -0.4 is 5.32 Å². The Kier molecular flexibility index (Phi) is 4.42. The highest BCUT2D eigenvalue weighted by Crippen LogP contribution is 2.32. The van der Waals surface area contributed by atoms with E-state index in [-0.39, 0.29) is 5.91 Å². The Labute approximate surface area is 156 Å². The summed E-state index contributed by atoms with van der Waals surface area (Å²) in [7, 11) is 0. The van der Waals surface area contributed by atoms with Crippen molar-refractivity contribution in [3.8, 4) is 11.1 Å². The number of rotatable bonds is 5. The van der Waals surface area contributed by atoms with E-state index in [1.54, 1.807) is 11.0 Å². The van der Waals surface area contributed by atoms with Crippen LogP contribution in [0.25, 0.3) is 21.9 Å². The van der Waals surface area contributed by atoms with Crippen LogP contribution in [0.2, 0.25) is 0 Å². The topological polar surface area (TPSA) is 88.5 Å². The third kappa shape index (κ3) is 3.31. The minimum atomic E-state index is -0.0990. The molecule has 2 N–H and O–H groups in total. The molecule has 0 saturated heterocycles. The van der Waals surface area contributed by atoms with Gasteiger partial charge in [0.2, 0.25) is 0 Å². The monoisotopic (exact) mass is 360 g/mol. The van der Waals surface area contributed by atoms with E-state index in [1.807, 2.05) is 44.2 Å². The molecular formula is C20H20N6O. The molecule has 2 aromatic heterocycles. The van der Waals surface area contributed by atoms with Crippen molar-refractivity contribution in [2.24, 2.45) is 0 Å². The number of nitrogens with one attached hydrogen (secondary N) is 2. The number of nitrogens with zero attached hydrogens (tertiary/aromatic N) is 4. The molecule has 0 saturated carbocycles. The Hall–Kier alpha value is -3.48. The summed E-state index contributed by atoms with van der Waals surface area (Å²) in [4.78, 5) is 16.4. The highest BCUT2D eigenvalue weighted by Gasteiger charge is 2.13. The van der Waals surface area contributed by atoms with E-state index in [9.17, 15) is 4.79 Å². The number of fused-ring (bicyclic) bond motifs is 1. The van der Waals surface area contributed by atoms with E-state index in [4.69, 9.17) is 0 Å². The second-order valence-corrected chi connectivity index (χ2v) is 6.46. The molecule has 0 bridgehead atoms. The number of benzene rings is 2. The molecule has 0 aliphatic carbocycles. The highest BCUT2D eigenvalue weighted by atomic mass is 16.1. The minimum Gasteiger partial charge on any atom is -0.350 e. The first-order valence-electron chi connectivity index (χ1n) is 8.79. The molecule has 0 aliphatic heterocycles. The zero-order valence-corrected chi connectivity index (χ0v) is 15.2. The van der Waals surface area contributed by atoms with Crippen LogP contribution in [-0.2, 0) is 6.54 Å². The summed E-state index contributed by atoms with van der Waals surface area (Å²) in [6, 6.07) is 11.9. The van der Waals surface area contributed by atoms with Crippen LogP contribution in [0, 0.1) is 13.8 Å². The van der Waals surface area contributed by atoms with Gasteiger partial charge in [-0.25, -0.2) is 4.98 Å². The van der Waals surface area contributed by atoms with Gasteiger partial charge in [-0.3, -0.25) is 14.6 Å². The smallest absolute Gasteiger partial charge is 0.251 e. The quantitative estimate of drug-likeness (QED) is 0.573. The molecule has 7 heteroatoms. The van der Waals surface area contributed by atoms with E-state index < -0.39 is 0 Å². The first kappa shape index (κ1) is 17.0. The molecule has 2 aromatic carbocycles. The van der Waals surface area contributed by atoms with Crippen molar-refractivity contribution in [2.45, 2.75) is 20.4 Å². The number of carbonyl (C=O) groups excluding carboxylic acids is 1. The number of amides is 1. The summed E-state index contributed by atoms with van der Waals surface area (Å²) in [6.45, 7) is 5.09. The van der Waals surface area contributed by atoms with Gasteiger partial charge in [-0.2, -0.15) is 10.2 Å². The lowest BCUT2D eigenvalue weighted by Crippen LogP contribution is -2.27. The molecule has 136 valence electrons. The molecule has 4 rings (SSSR count). The van der Waals surface area contributed by atoms with Crippen LogP contribution in [0.15, 0.2) is 49.1 Å². The Morgan fingerprint density at radius 3 is 2.85 bits per heavy atom. The maximum Gasteiger partial charge on any atom is 0.251 e. The zero-order valence-electron chi connectivity index (χ0n) is 15.2.